The van der Waals surface area contributed by atoms with Gasteiger partial charge in [-0.15, -0.1) is 0 Å². The fourth-order valence-corrected chi connectivity index (χ4v) is 2.72. The summed E-state index contributed by atoms with van der Waals surface area (Å²) in [5.41, 5.74) is 0. The average Bonchev–Trinajstić information content (AvgIpc) is 2.34. The van der Waals surface area contributed by atoms with E-state index in [0.29, 0.717) is 12.8 Å². The third kappa shape index (κ3) is 7.34. The van der Waals surface area contributed by atoms with Gasteiger partial charge in [0.2, 0.25) is 0 Å². The summed E-state index contributed by atoms with van der Waals surface area (Å²) in [6.45, 7) is 0. The first-order chi connectivity index (χ1) is 8.70. The van der Waals surface area contributed by atoms with Crippen molar-refractivity contribution in [1.82, 2.24) is 0 Å². The quantitative estimate of drug-likeness (QED) is 0.626. The zero-order chi connectivity index (χ0) is 13.2. The van der Waals surface area contributed by atoms with Crippen molar-refractivity contribution in [2.45, 2.75) is 95.4 Å². The lowest BCUT2D eigenvalue weighted by molar-refractivity contribution is -0.0182. The zero-order valence-electron chi connectivity index (χ0n) is 11.6. The van der Waals surface area contributed by atoms with E-state index in [1.807, 2.05) is 0 Å². The van der Waals surface area contributed by atoms with Gasteiger partial charge in [-0.05, 0) is 12.8 Å². The van der Waals surface area contributed by atoms with Crippen LogP contribution in [-0.4, -0.2) is 33.6 Å². The van der Waals surface area contributed by atoms with Crippen LogP contribution in [0, 0.1) is 0 Å². The average molecular weight is 258 g/mol. The van der Waals surface area contributed by atoms with Crippen molar-refractivity contribution in [3.8, 4) is 0 Å². The van der Waals surface area contributed by atoms with Crippen LogP contribution in [0.5, 0.6) is 0 Å². The van der Waals surface area contributed by atoms with Crippen molar-refractivity contribution >= 4 is 0 Å². The van der Waals surface area contributed by atoms with Gasteiger partial charge in [0.15, 0.2) is 0 Å². The Labute approximate surface area is 111 Å². The van der Waals surface area contributed by atoms with Gasteiger partial charge in [0.1, 0.15) is 0 Å². The summed E-state index contributed by atoms with van der Waals surface area (Å²) in [5.74, 6) is 0. The molecule has 0 heterocycles. The van der Waals surface area contributed by atoms with Crippen LogP contribution in [0.1, 0.15) is 77.0 Å². The normalized spacial score (nSPS) is 34.5. The Bertz CT molecular complexity index is 196. The van der Waals surface area contributed by atoms with Gasteiger partial charge in [-0.1, -0.05) is 57.8 Å². The molecule has 0 bridgehead atoms. The monoisotopic (exact) mass is 258 g/mol. The van der Waals surface area contributed by atoms with Crippen molar-refractivity contribution in [2.75, 3.05) is 0 Å². The van der Waals surface area contributed by atoms with Crippen LogP contribution in [0.3, 0.4) is 0 Å². The molecular formula is C15H30O3. The maximum Gasteiger partial charge on any atom is 0.0823 e. The lowest BCUT2D eigenvalue weighted by Crippen LogP contribution is -2.30. The van der Waals surface area contributed by atoms with Gasteiger partial charge in [-0.2, -0.15) is 0 Å². The Kier molecular flexibility index (Phi) is 8.64. The molecule has 108 valence electrons. The smallest absolute Gasteiger partial charge is 0.0823 e. The van der Waals surface area contributed by atoms with Crippen LogP contribution in [0.15, 0.2) is 0 Å². The molecule has 1 aliphatic rings. The molecular weight excluding hydrogens is 228 g/mol. The highest BCUT2D eigenvalue weighted by atomic mass is 16.3. The summed E-state index contributed by atoms with van der Waals surface area (Å²) in [4.78, 5) is 0. The molecule has 1 rings (SSSR count). The summed E-state index contributed by atoms with van der Waals surface area (Å²) in [5, 5.41) is 29.4. The molecule has 0 aromatic rings. The minimum Gasteiger partial charge on any atom is -0.393 e. The molecule has 0 aliphatic heterocycles. The lowest BCUT2D eigenvalue weighted by atomic mass is 9.99. The van der Waals surface area contributed by atoms with Gasteiger partial charge >= 0.3 is 0 Å². The third-order valence-electron chi connectivity index (χ3n) is 3.99. The molecule has 0 aromatic carbocycles. The summed E-state index contributed by atoms with van der Waals surface area (Å²) < 4.78 is 0. The SMILES string of the molecule is OC1CCCCCCCCCCCC(O)C(O)C1. The van der Waals surface area contributed by atoms with Gasteiger partial charge < -0.3 is 15.3 Å². The number of rotatable bonds is 0. The standard InChI is InChI=1S/C15H30O3/c16-13-10-8-6-4-2-1-3-5-7-9-11-14(17)15(18)12-13/h13-18H,1-12H2. The van der Waals surface area contributed by atoms with Crippen LogP contribution in [-0.2, 0) is 0 Å². The molecule has 3 heteroatoms. The molecule has 0 saturated heterocycles. The molecule has 1 fully saturated rings. The minimum atomic E-state index is -0.759. The first-order valence-corrected chi connectivity index (χ1v) is 7.74. The second kappa shape index (κ2) is 9.76. The molecule has 0 amide bonds. The number of aliphatic hydroxyl groups excluding tert-OH is 3. The second-order valence-electron chi connectivity index (χ2n) is 5.78. The highest BCUT2D eigenvalue weighted by Gasteiger charge is 2.19. The van der Waals surface area contributed by atoms with E-state index in [9.17, 15) is 15.3 Å². The Balaban J connectivity index is 2.32. The predicted molar refractivity (Wildman–Crippen MR) is 73.4 cm³/mol. The minimum absolute atomic E-state index is 0.321. The molecule has 0 aromatic heterocycles. The highest BCUT2D eigenvalue weighted by molar-refractivity contribution is 4.71. The molecule has 0 radical (unpaired) electrons. The van der Waals surface area contributed by atoms with Crippen LogP contribution >= 0.6 is 0 Å². The summed E-state index contributed by atoms with van der Waals surface area (Å²) in [6, 6.07) is 0. The Morgan fingerprint density at radius 2 is 0.944 bits per heavy atom. The predicted octanol–water partition coefficient (Wildman–Crippen LogP) is 2.76. The van der Waals surface area contributed by atoms with Gasteiger partial charge in [-0.3, -0.25) is 0 Å². The molecule has 3 atom stereocenters. The van der Waals surface area contributed by atoms with Crippen LogP contribution < -0.4 is 0 Å². The highest BCUT2D eigenvalue weighted by Crippen LogP contribution is 2.17. The third-order valence-corrected chi connectivity index (χ3v) is 3.99. The van der Waals surface area contributed by atoms with E-state index in [0.717, 1.165) is 25.7 Å². The van der Waals surface area contributed by atoms with E-state index in [1.54, 1.807) is 0 Å². The number of hydrogen-bond donors (Lipinski definition) is 3. The zero-order valence-corrected chi connectivity index (χ0v) is 11.6. The number of hydrogen-bond acceptors (Lipinski definition) is 3. The van der Waals surface area contributed by atoms with Crippen molar-refractivity contribution in [2.24, 2.45) is 0 Å². The van der Waals surface area contributed by atoms with E-state index in [1.165, 1.54) is 38.5 Å². The maximum atomic E-state index is 9.80. The first-order valence-electron chi connectivity index (χ1n) is 7.74. The summed E-state index contributed by atoms with van der Waals surface area (Å²) in [6.07, 6.45) is 10.6. The van der Waals surface area contributed by atoms with E-state index in [2.05, 4.69) is 0 Å². The second-order valence-corrected chi connectivity index (χ2v) is 5.78. The van der Waals surface area contributed by atoms with Gasteiger partial charge in [0.05, 0.1) is 18.3 Å². The topological polar surface area (TPSA) is 60.7 Å². The van der Waals surface area contributed by atoms with Gasteiger partial charge in [-0.25, -0.2) is 0 Å². The maximum absolute atomic E-state index is 9.80. The lowest BCUT2D eigenvalue weighted by Gasteiger charge is -2.20. The molecule has 0 spiro atoms. The van der Waals surface area contributed by atoms with E-state index >= 15 is 0 Å². The van der Waals surface area contributed by atoms with Gasteiger partial charge in [0.25, 0.3) is 0 Å². The Morgan fingerprint density at radius 1 is 0.500 bits per heavy atom. The van der Waals surface area contributed by atoms with Crippen molar-refractivity contribution in [3.05, 3.63) is 0 Å². The van der Waals surface area contributed by atoms with Crippen molar-refractivity contribution in [3.63, 3.8) is 0 Å². The van der Waals surface area contributed by atoms with E-state index in [-0.39, 0.29) is 0 Å². The molecule has 18 heavy (non-hydrogen) atoms. The molecule has 1 aliphatic carbocycles. The Morgan fingerprint density at radius 3 is 1.50 bits per heavy atom. The largest absolute Gasteiger partial charge is 0.393 e. The number of aliphatic hydroxyl groups is 3. The fourth-order valence-electron chi connectivity index (χ4n) is 2.72. The first kappa shape index (κ1) is 15.9. The van der Waals surface area contributed by atoms with E-state index < -0.39 is 18.3 Å². The fraction of sp³-hybridized carbons (Fsp3) is 1.00. The van der Waals surface area contributed by atoms with Crippen molar-refractivity contribution < 1.29 is 15.3 Å². The van der Waals surface area contributed by atoms with Gasteiger partial charge in [0, 0.05) is 6.42 Å². The van der Waals surface area contributed by atoms with Crippen molar-refractivity contribution in [1.29, 1.82) is 0 Å². The molecule has 3 nitrogen and oxygen atoms in total. The van der Waals surface area contributed by atoms with E-state index in [4.69, 9.17) is 0 Å². The van der Waals surface area contributed by atoms with Crippen LogP contribution in [0.4, 0.5) is 0 Å². The molecule has 1 saturated carbocycles. The molecule has 3 N–H and O–H groups in total. The summed E-state index contributed by atoms with van der Waals surface area (Å²) in [7, 11) is 0. The van der Waals surface area contributed by atoms with Crippen LogP contribution in [0.2, 0.25) is 0 Å². The van der Waals surface area contributed by atoms with Crippen LogP contribution in [0.25, 0.3) is 0 Å². The Hall–Kier alpha value is -0.120. The summed E-state index contributed by atoms with van der Waals surface area (Å²) >= 11 is 0. The molecule has 3 unspecified atom stereocenters.